The number of hydrogen-bond donors (Lipinski definition) is 2. The van der Waals surface area contributed by atoms with Crippen LogP contribution in [0, 0.1) is 5.82 Å². The second-order valence-electron chi connectivity index (χ2n) is 3.67. The zero-order valence-electron chi connectivity index (χ0n) is 9.83. The monoisotopic (exact) mass is 256 g/mol. The molecule has 0 atom stereocenters. The predicted molar refractivity (Wildman–Crippen MR) is 69.5 cm³/mol. The Kier molecular flexibility index (Phi) is 5.83. The molecule has 1 aromatic rings. The number of nitrogens with two attached hydrogens (primary N) is 1. The van der Waals surface area contributed by atoms with Crippen LogP contribution in [0.5, 0.6) is 0 Å². The highest BCUT2D eigenvalue weighted by Gasteiger charge is 2.05. The van der Waals surface area contributed by atoms with Crippen molar-refractivity contribution in [1.29, 1.82) is 0 Å². The van der Waals surface area contributed by atoms with Gasteiger partial charge in [0.15, 0.2) is 0 Å². The summed E-state index contributed by atoms with van der Waals surface area (Å²) in [6.07, 6.45) is 2.02. The Morgan fingerprint density at radius 2 is 2.29 bits per heavy atom. The van der Waals surface area contributed by atoms with Crippen molar-refractivity contribution in [3.63, 3.8) is 0 Å². The number of thioether (sulfide) groups is 1. The van der Waals surface area contributed by atoms with Crippen molar-refractivity contribution < 1.29 is 9.18 Å². The maximum atomic E-state index is 13.0. The van der Waals surface area contributed by atoms with E-state index in [1.165, 1.54) is 30.0 Å². The first kappa shape index (κ1) is 13.8. The number of carbonyl (C=O) groups is 1. The van der Waals surface area contributed by atoms with E-state index in [4.69, 9.17) is 5.73 Å². The smallest absolute Gasteiger partial charge is 0.230 e. The van der Waals surface area contributed by atoms with Gasteiger partial charge < -0.3 is 11.1 Å². The molecule has 0 aromatic heterocycles. The first-order chi connectivity index (χ1) is 8.13. The van der Waals surface area contributed by atoms with Gasteiger partial charge in [-0.05, 0) is 24.6 Å². The van der Waals surface area contributed by atoms with E-state index < -0.39 is 0 Å². The summed E-state index contributed by atoms with van der Waals surface area (Å²) in [4.78, 5) is 12.0. The van der Waals surface area contributed by atoms with Crippen molar-refractivity contribution in [3.05, 3.63) is 24.0 Å². The number of halogens is 1. The second-order valence-corrected chi connectivity index (χ2v) is 4.69. The Morgan fingerprint density at radius 3 is 3.00 bits per heavy atom. The number of rotatable bonds is 6. The van der Waals surface area contributed by atoms with E-state index >= 15 is 0 Å². The van der Waals surface area contributed by atoms with E-state index in [1.807, 2.05) is 0 Å². The van der Waals surface area contributed by atoms with Crippen LogP contribution < -0.4 is 11.1 Å². The average molecular weight is 256 g/mol. The quantitative estimate of drug-likeness (QED) is 0.467. The molecule has 0 spiro atoms. The molecular formula is C12H17FN2OS. The van der Waals surface area contributed by atoms with Crippen LogP contribution in [0.1, 0.15) is 19.8 Å². The number of anilines is 1. The number of carbonyl (C=O) groups excluding carboxylic acids is 1. The van der Waals surface area contributed by atoms with E-state index in [0.717, 1.165) is 12.8 Å². The standard InChI is InChI=1S/C12H17FN2OS/c1-2-3-6-15-12(16)8-17-11-7-9(13)4-5-10(11)14/h4-5,7H,2-3,6,8,14H2,1H3,(H,15,16). The van der Waals surface area contributed by atoms with Gasteiger partial charge in [0.2, 0.25) is 5.91 Å². The van der Waals surface area contributed by atoms with E-state index in [-0.39, 0.29) is 17.5 Å². The van der Waals surface area contributed by atoms with E-state index in [0.29, 0.717) is 17.1 Å². The topological polar surface area (TPSA) is 55.1 Å². The number of benzene rings is 1. The van der Waals surface area contributed by atoms with Gasteiger partial charge in [-0.1, -0.05) is 13.3 Å². The number of nitrogens with one attached hydrogen (secondary N) is 1. The second kappa shape index (κ2) is 7.17. The third kappa shape index (κ3) is 5.08. The SMILES string of the molecule is CCCCNC(=O)CSc1cc(F)ccc1N. The lowest BCUT2D eigenvalue weighted by atomic mass is 10.3. The summed E-state index contributed by atoms with van der Waals surface area (Å²) in [7, 11) is 0. The van der Waals surface area contributed by atoms with Crippen molar-refractivity contribution in [3.8, 4) is 0 Å². The Morgan fingerprint density at radius 1 is 1.53 bits per heavy atom. The third-order valence-corrected chi connectivity index (χ3v) is 3.26. The fourth-order valence-electron chi connectivity index (χ4n) is 1.23. The van der Waals surface area contributed by atoms with Gasteiger partial charge in [0, 0.05) is 17.1 Å². The van der Waals surface area contributed by atoms with Gasteiger partial charge in [-0.2, -0.15) is 0 Å². The molecule has 0 bridgehead atoms. The van der Waals surface area contributed by atoms with Crippen LogP contribution in [-0.4, -0.2) is 18.2 Å². The van der Waals surface area contributed by atoms with Crippen LogP contribution >= 0.6 is 11.8 Å². The highest BCUT2D eigenvalue weighted by molar-refractivity contribution is 8.00. The molecule has 1 amide bonds. The Bertz CT molecular complexity index is 385. The Hall–Kier alpha value is -1.23. The van der Waals surface area contributed by atoms with E-state index in [9.17, 15) is 9.18 Å². The van der Waals surface area contributed by atoms with Gasteiger partial charge in [0.25, 0.3) is 0 Å². The maximum absolute atomic E-state index is 13.0. The van der Waals surface area contributed by atoms with Crippen molar-refractivity contribution in [2.24, 2.45) is 0 Å². The Labute approximate surface area is 105 Å². The fourth-order valence-corrected chi connectivity index (χ4v) is 2.05. The summed E-state index contributed by atoms with van der Waals surface area (Å²) in [6, 6.07) is 4.16. The van der Waals surface area contributed by atoms with Crippen LogP contribution in [0.15, 0.2) is 23.1 Å². The summed E-state index contributed by atoms with van der Waals surface area (Å²) < 4.78 is 13.0. The lowest BCUT2D eigenvalue weighted by molar-refractivity contribution is -0.118. The van der Waals surface area contributed by atoms with Gasteiger partial charge in [-0.3, -0.25) is 4.79 Å². The molecule has 0 saturated heterocycles. The molecular weight excluding hydrogens is 239 g/mol. The summed E-state index contributed by atoms with van der Waals surface area (Å²) in [5.41, 5.74) is 6.18. The molecule has 0 unspecified atom stereocenters. The molecule has 5 heteroatoms. The lowest BCUT2D eigenvalue weighted by Gasteiger charge is -2.06. The minimum atomic E-state index is -0.340. The zero-order chi connectivity index (χ0) is 12.7. The van der Waals surface area contributed by atoms with Gasteiger partial charge >= 0.3 is 0 Å². The molecule has 0 fully saturated rings. The molecule has 0 aliphatic carbocycles. The number of unbranched alkanes of at least 4 members (excludes halogenated alkanes) is 1. The van der Waals surface area contributed by atoms with Crippen LogP contribution in [0.2, 0.25) is 0 Å². The molecule has 0 aliphatic rings. The minimum Gasteiger partial charge on any atom is -0.398 e. The van der Waals surface area contributed by atoms with Gasteiger partial charge in [0.05, 0.1) is 5.75 Å². The predicted octanol–water partition coefficient (Wildman–Crippen LogP) is 2.42. The van der Waals surface area contributed by atoms with E-state index in [2.05, 4.69) is 12.2 Å². The number of amides is 1. The molecule has 0 radical (unpaired) electrons. The van der Waals surface area contributed by atoms with Crippen LogP contribution in [0.3, 0.4) is 0 Å². The molecule has 1 aromatic carbocycles. The number of hydrogen-bond acceptors (Lipinski definition) is 3. The number of nitrogen functional groups attached to an aromatic ring is 1. The molecule has 3 nitrogen and oxygen atoms in total. The van der Waals surface area contributed by atoms with Crippen molar-refractivity contribution in [2.75, 3.05) is 18.0 Å². The molecule has 0 heterocycles. The normalized spacial score (nSPS) is 10.2. The molecule has 1 rings (SSSR count). The Balaban J connectivity index is 2.39. The van der Waals surface area contributed by atoms with E-state index in [1.54, 1.807) is 0 Å². The summed E-state index contributed by atoms with van der Waals surface area (Å²) in [6.45, 7) is 2.75. The van der Waals surface area contributed by atoms with Crippen LogP contribution in [0.4, 0.5) is 10.1 Å². The molecule has 3 N–H and O–H groups in total. The first-order valence-corrected chi connectivity index (χ1v) is 6.56. The lowest BCUT2D eigenvalue weighted by Crippen LogP contribution is -2.26. The average Bonchev–Trinajstić information content (AvgIpc) is 2.31. The maximum Gasteiger partial charge on any atom is 0.230 e. The minimum absolute atomic E-state index is 0.0490. The first-order valence-electron chi connectivity index (χ1n) is 5.58. The fraction of sp³-hybridized carbons (Fsp3) is 0.417. The van der Waals surface area contributed by atoms with Gasteiger partial charge in [-0.15, -0.1) is 11.8 Å². The summed E-state index contributed by atoms with van der Waals surface area (Å²) in [5, 5.41) is 2.79. The van der Waals surface area contributed by atoms with Crippen LogP contribution in [-0.2, 0) is 4.79 Å². The molecule has 0 saturated carbocycles. The molecule has 17 heavy (non-hydrogen) atoms. The zero-order valence-corrected chi connectivity index (χ0v) is 10.6. The third-order valence-electron chi connectivity index (χ3n) is 2.19. The van der Waals surface area contributed by atoms with Gasteiger partial charge in [-0.25, -0.2) is 4.39 Å². The van der Waals surface area contributed by atoms with Crippen LogP contribution in [0.25, 0.3) is 0 Å². The summed E-state index contributed by atoms with van der Waals surface area (Å²) >= 11 is 1.25. The summed E-state index contributed by atoms with van der Waals surface area (Å²) in [5.74, 6) is -0.127. The molecule has 94 valence electrons. The largest absolute Gasteiger partial charge is 0.398 e. The molecule has 0 aliphatic heterocycles. The highest BCUT2D eigenvalue weighted by atomic mass is 32.2. The van der Waals surface area contributed by atoms with Crippen molar-refractivity contribution in [1.82, 2.24) is 5.32 Å². The highest BCUT2D eigenvalue weighted by Crippen LogP contribution is 2.25. The van der Waals surface area contributed by atoms with Crippen molar-refractivity contribution >= 4 is 23.4 Å². The van der Waals surface area contributed by atoms with Gasteiger partial charge in [0.1, 0.15) is 5.82 Å². The van der Waals surface area contributed by atoms with Crippen molar-refractivity contribution in [2.45, 2.75) is 24.7 Å².